The van der Waals surface area contributed by atoms with Gasteiger partial charge in [0.05, 0.1) is 0 Å². The monoisotopic (exact) mass is 308 g/mol. The van der Waals surface area contributed by atoms with E-state index in [0.29, 0.717) is 11.8 Å². The Hall–Kier alpha value is -2.86. The fraction of sp³-hybridized carbons (Fsp3) is 0.0833. The molecule has 2 aliphatic carbocycles. The Morgan fingerprint density at radius 3 is 2.00 bits per heavy atom. The fourth-order valence-electron chi connectivity index (χ4n) is 3.57. The third-order valence-electron chi connectivity index (χ3n) is 4.66. The third kappa shape index (κ3) is 2.83. The van der Waals surface area contributed by atoms with Crippen molar-refractivity contribution in [1.29, 1.82) is 0 Å². The van der Waals surface area contributed by atoms with Crippen molar-refractivity contribution in [2.45, 2.75) is 0 Å². The highest BCUT2D eigenvalue weighted by Gasteiger charge is 2.25. The SMILES string of the molecule is C1=CC2C=c3ccccc3=C(c3ccccccccc3)C2C=C1. The molecule has 116 valence electrons. The molecule has 0 saturated carbocycles. The normalized spacial score (nSPS) is 20.4. The molecule has 0 nitrogen and oxygen atoms in total. The van der Waals surface area contributed by atoms with E-state index in [-0.39, 0.29) is 0 Å². The summed E-state index contributed by atoms with van der Waals surface area (Å²) in [7, 11) is 0. The van der Waals surface area contributed by atoms with E-state index in [1.54, 1.807) is 0 Å². The summed E-state index contributed by atoms with van der Waals surface area (Å²) in [5.41, 5.74) is 2.69. The van der Waals surface area contributed by atoms with Gasteiger partial charge in [-0.15, -0.1) is 0 Å². The molecule has 0 N–H and O–H groups in total. The van der Waals surface area contributed by atoms with E-state index >= 15 is 0 Å². The van der Waals surface area contributed by atoms with Gasteiger partial charge in [0.1, 0.15) is 0 Å². The fourth-order valence-corrected chi connectivity index (χ4v) is 3.57. The molecule has 2 aliphatic rings. The summed E-state index contributed by atoms with van der Waals surface area (Å²) in [6.07, 6.45) is 11.4. The molecule has 0 heteroatoms. The van der Waals surface area contributed by atoms with E-state index in [0.717, 1.165) is 0 Å². The lowest BCUT2D eigenvalue weighted by Gasteiger charge is -2.28. The third-order valence-corrected chi connectivity index (χ3v) is 4.66. The Bertz CT molecular complexity index is 949. The van der Waals surface area contributed by atoms with E-state index in [4.69, 9.17) is 0 Å². The van der Waals surface area contributed by atoms with Crippen molar-refractivity contribution < 1.29 is 0 Å². The molecule has 2 aromatic carbocycles. The zero-order valence-corrected chi connectivity index (χ0v) is 13.5. The lowest BCUT2D eigenvalue weighted by molar-refractivity contribution is 0.704. The van der Waals surface area contributed by atoms with Crippen molar-refractivity contribution in [2.75, 3.05) is 0 Å². The molecule has 2 atom stereocenters. The van der Waals surface area contributed by atoms with Crippen LogP contribution >= 0.6 is 0 Å². The Morgan fingerprint density at radius 2 is 1.21 bits per heavy atom. The van der Waals surface area contributed by atoms with Crippen molar-refractivity contribution in [3.05, 3.63) is 119 Å². The van der Waals surface area contributed by atoms with Gasteiger partial charge in [-0.2, -0.15) is 0 Å². The summed E-state index contributed by atoms with van der Waals surface area (Å²) in [5.74, 6) is 0.834. The van der Waals surface area contributed by atoms with Crippen molar-refractivity contribution in [1.82, 2.24) is 0 Å². The average Bonchev–Trinajstić information content (AvgIpc) is 2.64. The molecule has 0 saturated heterocycles. The van der Waals surface area contributed by atoms with Crippen LogP contribution in [0.15, 0.2) is 103 Å². The van der Waals surface area contributed by atoms with Crippen LogP contribution in [0.5, 0.6) is 0 Å². The maximum Gasteiger partial charge on any atom is 0.0131 e. The second-order valence-corrected chi connectivity index (χ2v) is 6.18. The first-order valence-electron chi connectivity index (χ1n) is 8.48. The van der Waals surface area contributed by atoms with Crippen LogP contribution in [0.25, 0.3) is 11.6 Å². The van der Waals surface area contributed by atoms with E-state index in [2.05, 4.69) is 103 Å². The van der Waals surface area contributed by atoms with Crippen LogP contribution in [0.3, 0.4) is 0 Å². The molecule has 0 fully saturated rings. The smallest absolute Gasteiger partial charge is 0.0131 e. The molecule has 0 amide bonds. The maximum atomic E-state index is 2.40. The van der Waals surface area contributed by atoms with Crippen molar-refractivity contribution in [2.24, 2.45) is 11.8 Å². The van der Waals surface area contributed by atoms with Crippen LogP contribution in [0.2, 0.25) is 0 Å². The summed E-state index contributed by atoms with van der Waals surface area (Å²) in [5, 5.41) is 2.68. The highest BCUT2D eigenvalue weighted by Crippen LogP contribution is 2.33. The van der Waals surface area contributed by atoms with Gasteiger partial charge in [-0.1, -0.05) is 109 Å². The number of benzene rings is 1. The van der Waals surface area contributed by atoms with Crippen LogP contribution in [-0.2, 0) is 0 Å². The lowest BCUT2D eigenvalue weighted by atomic mass is 9.76. The van der Waals surface area contributed by atoms with Gasteiger partial charge in [0.25, 0.3) is 0 Å². The summed E-state index contributed by atoms with van der Waals surface area (Å²) < 4.78 is 0. The molecule has 0 heterocycles. The van der Waals surface area contributed by atoms with Crippen LogP contribution in [0.4, 0.5) is 0 Å². The molecular weight excluding hydrogens is 288 g/mol. The van der Waals surface area contributed by atoms with Gasteiger partial charge in [-0.05, 0) is 21.6 Å². The molecule has 0 radical (unpaired) electrons. The Balaban J connectivity index is 2.04. The minimum Gasteiger partial charge on any atom is -0.0767 e. The van der Waals surface area contributed by atoms with Gasteiger partial charge in [-0.25, -0.2) is 0 Å². The molecule has 0 spiro atoms. The largest absolute Gasteiger partial charge is 0.0767 e. The predicted octanol–water partition coefficient (Wildman–Crippen LogP) is 4.16. The van der Waals surface area contributed by atoms with Gasteiger partial charge < -0.3 is 0 Å². The van der Waals surface area contributed by atoms with Gasteiger partial charge in [0.2, 0.25) is 0 Å². The number of rotatable bonds is 1. The van der Waals surface area contributed by atoms with E-state index < -0.39 is 0 Å². The first kappa shape index (κ1) is 14.7. The zero-order chi connectivity index (χ0) is 16.2. The molecular formula is C24H20. The summed E-state index contributed by atoms with van der Waals surface area (Å²) in [6.45, 7) is 0. The van der Waals surface area contributed by atoms with Crippen LogP contribution in [0, 0.1) is 11.8 Å². The Kier molecular flexibility index (Phi) is 4.12. The van der Waals surface area contributed by atoms with Crippen molar-refractivity contribution in [3.63, 3.8) is 0 Å². The molecule has 24 heavy (non-hydrogen) atoms. The second kappa shape index (κ2) is 6.72. The van der Waals surface area contributed by atoms with Crippen LogP contribution in [-0.4, -0.2) is 0 Å². The molecule has 0 aromatic heterocycles. The lowest BCUT2D eigenvalue weighted by Crippen LogP contribution is -2.36. The zero-order valence-electron chi connectivity index (χ0n) is 13.5. The second-order valence-electron chi connectivity index (χ2n) is 6.18. The number of hydrogen-bond donors (Lipinski definition) is 0. The quantitative estimate of drug-likeness (QED) is 0.742. The van der Waals surface area contributed by atoms with Gasteiger partial charge in [0.15, 0.2) is 0 Å². The molecule has 0 bridgehead atoms. The van der Waals surface area contributed by atoms with E-state index in [1.807, 2.05) is 6.07 Å². The standard InChI is InChI=1S/C24H20/c1-2-4-6-12-19(13-7-5-3-1)24-22-16-10-8-14-20(22)18-21-15-9-11-17-23(21)24/h1-18,20,22H. The van der Waals surface area contributed by atoms with Gasteiger partial charge in [-0.3, -0.25) is 0 Å². The van der Waals surface area contributed by atoms with Gasteiger partial charge in [0, 0.05) is 11.8 Å². The first-order valence-corrected chi connectivity index (χ1v) is 8.48. The first-order chi connectivity index (χ1) is 11.9. The molecule has 2 unspecified atom stereocenters. The minimum absolute atomic E-state index is 0.400. The summed E-state index contributed by atoms with van der Waals surface area (Å²) in [6, 6.07) is 27.8. The molecule has 2 aromatic rings. The number of hydrogen-bond acceptors (Lipinski definition) is 0. The van der Waals surface area contributed by atoms with Crippen molar-refractivity contribution in [3.8, 4) is 0 Å². The highest BCUT2D eigenvalue weighted by atomic mass is 14.3. The van der Waals surface area contributed by atoms with Crippen molar-refractivity contribution >= 4 is 11.6 Å². The van der Waals surface area contributed by atoms with Gasteiger partial charge >= 0.3 is 0 Å². The van der Waals surface area contributed by atoms with E-state index in [9.17, 15) is 0 Å². The summed E-state index contributed by atoms with van der Waals surface area (Å²) >= 11 is 0. The maximum absolute atomic E-state index is 2.40. The number of fused-ring (bicyclic) bond motifs is 2. The number of allylic oxidation sites excluding steroid dienone is 4. The average molecular weight is 308 g/mol. The van der Waals surface area contributed by atoms with Crippen LogP contribution < -0.4 is 10.4 Å². The summed E-state index contributed by atoms with van der Waals surface area (Å²) in [4.78, 5) is 0. The highest BCUT2D eigenvalue weighted by molar-refractivity contribution is 5.72. The molecule has 4 rings (SSSR count). The Labute approximate surface area is 143 Å². The topological polar surface area (TPSA) is 0 Å². The minimum atomic E-state index is 0.400. The van der Waals surface area contributed by atoms with E-state index in [1.165, 1.54) is 21.6 Å². The van der Waals surface area contributed by atoms with Crippen LogP contribution in [0.1, 0.15) is 5.56 Å². The Morgan fingerprint density at radius 1 is 0.583 bits per heavy atom. The molecule has 0 aliphatic heterocycles. The predicted molar refractivity (Wildman–Crippen MR) is 102 cm³/mol.